The first-order valence-corrected chi connectivity index (χ1v) is 7.97. The second-order valence-electron chi connectivity index (χ2n) is 6.84. The van der Waals surface area contributed by atoms with E-state index in [0.717, 1.165) is 12.8 Å². The van der Waals surface area contributed by atoms with Crippen molar-refractivity contribution in [3.63, 3.8) is 0 Å². The maximum Gasteiger partial charge on any atom is 0.358 e. The van der Waals surface area contributed by atoms with Crippen molar-refractivity contribution in [2.24, 2.45) is 16.7 Å². The van der Waals surface area contributed by atoms with Crippen molar-refractivity contribution in [2.45, 2.75) is 46.1 Å². The van der Waals surface area contributed by atoms with Crippen LogP contribution in [0.4, 0.5) is 0 Å². The fraction of sp³-hybridized carbons (Fsp3) is 0.625. The lowest BCUT2D eigenvalue weighted by Crippen LogP contribution is -2.38. The Morgan fingerprint density at radius 2 is 2.20 bits per heavy atom. The third kappa shape index (κ3) is 1.84. The zero-order valence-electron chi connectivity index (χ0n) is 12.1. The Kier molecular flexibility index (Phi) is 3.20. The van der Waals surface area contributed by atoms with Gasteiger partial charge < -0.3 is 4.74 Å². The number of hydrogen-bond donors (Lipinski definition) is 0. The van der Waals surface area contributed by atoms with Gasteiger partial charge in [0.1, 0.15) is 6.10 Å². The molecule has 0 radical (unpaired) electrons. The van der Waals surface area contributed by atoms with E-state index < -0.39 is 0 Å². The van der Waals surface area contributed by atoms with Crippen LogP contribution in [-0.2, 0) is 4.74 Å². The summed E-state index contributed by atoms with van der Waals surface area (Å²) in [6.07, 6.45) is 5.02. The summed E-state index contributed by atoms with van der Waals surface area (Å²) in [4.78, 5) is 16.5. The van der Waals surface area contributed by atoms with Crippen LogP contribution in [0.3, 0.4) is 0 Å². The number of rotatable bonds is 2. The molecule has 3 atom stereocenters. The summed E-state index contributed by atoms with van der Waals surface area (Å²) in [6.45, 7) is 6.90. The highest BCUT2D eigenvalue weighted by atomic mass is 79.9. The number of esters is 1. The summed E-state index contributed by atoms with van der Waals surface area (Å²) in [5.74, 6) is 0.351. The molecule has 1 aromatic rings. The van der Waals surface area contributed by atoms with E-state index in [4.69, 9.17) is 4.74 Å². The minimum atomic E-state index is -0.313. The highest BCUT2D eigenvalue weighted by molar-refractivity contribution is 9.10. The topological polar surface area (TPSA) is 39.2 Å². The van der Waals surface area contributed by atoms with Crippen LogP contribution in [0.25, 0.3) is 0 Å². The van der Waals surface area contributed by atoms with Crippen molar-refractivity contribution < 1.29 is 9.53 Å². The smallest absolute Gasteiger partial charge is 0.358 e. The largest absolute Gasteiger partial charge is 0.457 e. The molecule has 3 nitrogen and oxygen atoms in total. The molecule has 20 heavy (non-hydrogen) atoms. The highest BCUT2D eigenvalue weighted by Gasteiger charge is 2.62. The maximum atomic E-state index is 12.3. The predicted octanol–water partition coefficient (Wildman–Crippen LogP) is 4.22. The van der Waals surface area contributed by atoms with Crippen molar-refractivity contribution in [3.8, 4) is 0 Å². The quantitative estimate of drug-likeness (QED) is 0.758. The van der Waals surface area contributed by atoms with Gasteiger partial charge in [-0.3, -0.25) is 0 Å². The van der Waals surface area contributed by atoms with Crippen molar-refractivity contribution in [2.75, 3.05) is 0 Å². The van der Waals surface area contributed by atoms with Gasteiger partial charge in [0.05, 0.1) is 4.47 Å². The lowest BCUT2D eigenvalue weighted by Gasteiger charge is -2.38. The van der Waals surface area contributed by atoms with Gasteiger partial charge in [0.25, 0.3) is 0 Å². The lowest BCUT2D eigenvalue weighted by molar-refractivity contribution is -0.0247. The molecule has 108 valence electrons. The molecule has 1 heterocycles. The summed E-state index contributed by atoms with van der Waals surface area (Å²) < 4.78 is 6.51. The van der Waals surface area contributed by atoms with Crippen molar-refractivity contribution in [3.05, 3.63) is 28.5 Å². The van der Waals surface area contributed by atoms with Crippen molar-refractivity contribution >= 4 is 21.9 Å². The van der Waals surface area contributed by atoms with Gasteiger partial charge in [-0.05, 0) is 58.7 Å². The van der Waals surface area contributed by atoms with Crippen molar-refractivity contribution in [1.29, 1.82) is 0 Å². The summed E-state index contributed by atoms with van der Waals surface area (Å²) in [5, 5.41) is 0. The van der Waals surface area contributed by atoms with E-state index >= 15 is 0 Å². The number of carbonyl (C=O) groups excluding carboxylic acids is 1. The standard InChI is InChI=1S/C16H20BrNO2/c1-15(2)10-6-7-16(15,3)12(9-10)20-14(19)13-11(17)5-4-8-18-13/h4-5,8,10,12H,6-7,9H2,1-3H3. The number of hydrogen-bond acceptors (Lipinski definition) is 3. The molecule has 2 aliphatic rings. The van der Waals surface area contributed by atoms with Gasteiger partial charge in [-0.2, -0.15) is 0 Å². The molecule has 0 aliphatic heterocycles. The summed E-state index contributed by atoms with van der Waals surface area (Å²) in [6, 6.07) is 3.61. The number of halogens is 1. The van der Waals surface area contributed by atoms with Gasteiger partial charge in [0.15, 0.2) is 5.69 Å². The molecule has 0 amide bonds. The molecule has 2 bridgehead atoms. The van der Waals surface area contributed by atoms with Gasteiger partial charge >= 0.3 is 5.97 Å². The summed E-state index contributed by atoms with van der Waals surface area (Å²) in [5.41, 5.74) is 0.713. The van der Waals surface area contributed by atoms with Crippen LogP contribution in [0.15, 0.2) is 22.8 Å². The minimum absolute atomic E-state index is 0.0117. The van der Waals surface area contributed by atoms with Gasteiger partial charge in [0.2, 0.25) is 0 Å². The first-order valence-electron chi connectivity index (χ1n) is 7.18. The Balaban J connectivity index is 1.81. The molecule has 2 fully saturated rings. The molecule has 4 heteroatoms. The fourth-order valence-electron chi connectivity index (χ4n) is 4.03. The Labute approximate surface area is 128 Å². The van der Waals surface area contributed by atoms with Crippen LogP contribution in [0.1, 0.15) is 50.5 Å². The van der Waals surface area contributed by atoms with Gasteiger partial charge in [-0.15, -0.1) is 0 Å². The Hall–Kier alpha value is -0.900. The van der Waals surface area contributed by atoms with Crippen LogP contribution in [0.5, 0.6) is 0 Å². The van der Waals surface area contributed by atoms with Crippen LogP contribution in [0.2, 0.25) is 0 Å². The third-order valence-electron chi connectivity index (χ3n) is 5.92. The van der Waals surface area contributed by atoms with Crippen LogP contribution in [0, 0.1) is 16.7 Å². The first-order chi connectivity index (χ1) is 9.36. The summed E-state index contributed by atoms with van der Waals surface area (Å²) in [7, 11) is 0. The van der Waals surface area contributed by atoms with E-state index in [-0.39, 0.29) is 22.9 Å². The molecule has 0 aromatic carbocycles. The van der Waals surface area contributed by atoms with E-state index in [2.05, 4.69) is 41.7 Å². The number of nitrogens with zero attached hydrogens (tertiary/aromatic N) is 1. The van der Waals surface area contributed by atoms with E-state index in [1.54, 1.807) is 12.3 Å². The second-order valence-corrected chi connectivity index (χ2v) is 7.69. The molecule has 3 rings (SSSR count). The number of fused-ring (bicyclic) bond motifs is 2. The van der Waals surface area contributed by atoms with Crippen molar-refractivity contribution in [1.82, 2.24) is 4.98 Å². The molecular formula is C16H20BrNO2. The molecule has 0 spiro atoms. The summed E-state index contributed by atoms with van der Waals surface area (Å²) >= 11 is 3.36. The minimum Gasteiger partial charge on any atom is -0.457 e. The SMILES string of the molecule is CC1(C)C2CCC1(C)C(OC(=O)c1ncccc1Br)C2. The zero-order chi connectivity index (χ0) is 14.5. The number of aromatic nitrogens is 1. The van der Waals surface area contributed by atoms with E-state index in [9.17, 15) is 4.79 Å². The zero-order valence-corrected chi connectivity index (χ0v) is 13.7. The number of carbonyl (C=O) groups is 1. The van der Waals surface area contributed by atoms with Gasteiger partial charge in [-0.1, -0.05) is 20.8 Å². The Bertz CT molecular complexity index is 557. The number of pyridine rings is 1. The molecule has 0 N–H and O–H groups in total. The average molecular weight is 338 g/mol. The monoisotopic (exact) mass is 337 g/mol. The molecule has 2 saturated carbocycles. The molecule has 2 aliphatic carbocycles. The van der Waals surface area contributed by atoms with E-state index in [0.29, 0.717) is 16.1 Å². The third-order valence-corrected chi connectivity index (χ3v) is 6.55. The Morgan fingerprint density at radius 1 is 1.45 bits per heavy atom. The van der Waals surface area contributed by atoms with Crippen LogP contribution < -0.4 is 0 Å². The van der Waals surface area contributed by atoms with E-state index in [1.165, 1.54) is 6.42 Å². The van der Waals surface area contributed by atoms with Crippen LogP contribution in [-0.4, -0.2) is 17.1 Å². The van der Waals surface area contributed by atoms with Crippen LogP contribution >= 0.6 is 15.9 Å². The lowest BCUT2D eigenvalue weighted by atomic mass is 9.70. The molecule has 3 unspecified atom stereocenters. The van der Waals surface area contributed by atoms with Gasteiger partial charge in [0, 0.05) is 11.6 Å². The predicted molar refractivity (Wildman–Crippen MR) is 80.4 cm³/mol. The maximum absolute atomic E-state index is 12.3. The average Bonchev–Trinajstić information content (AvgIpc) is 2.72. The molecule has 0 saturated heterocycles. The highest BCUT2D eigenvalue weighted by Crippen LogP contribution is 2.66. The fourth-order valence-corrected chi connectivity index (χ4v) is 4.45. The number of ether oxygens (including phenoxy) is 1. The molecular weight excluding hydrogens is 318 g/mol. The normalized spacial score (nSPS) is 34.2. The van der Waals surface area contributed by atoms with Gasteiger partial charge in [-0.25, -0.2) is 9.78 Å². The molecule has 1 aromatic heterocycles. The Morgan fingerprint density at radius 3 is 2.75 bits per heavy atom. The van der Waals surface area contributed by atoms with E-state index in [1.807, 2.05) is 6.07 Å². The second kappa shape index (κ2) is 4.55. The first kappa shape index (κ1) is 14.1.